The Bertz CT molecular complexity index is 1250. The zero-order valence-corrected chi connectivity index (χ0v) is 47.9. The number of hydrogen-bond donors (Lipinski definition) is 3. The fraction of sp³-hybridized carbons (Fsp3) is 0.818. The topological polar surface area (TPSA) is 95.9 Å². The van der Waals surface area contributed by atoms with E-state index in [2.05, 4.69) is 67.8 Å². The normalized spacial score (nSPS) is 13.0. The minimum atomic E-state index is -0.862. The van der Waals surface area contributed by atoms with E-state index in [1.807, 2.05) is 6.08 Å². The van der Waals surface area contributed by atoms with Crippen molar-refractivity contribution in [1.82, 2.24) is 5.32 Å². The Balaban J connectivity index is 3.55. The molecule has 0 aromatic carbocycles. The maximum atomic E-state index is 12.5. The summed E-state index contributed by atoms with van der Waals surface area (Å²) < 4.78 is 5.45. The van der Waals surface area contributed by atoms with Gasteiger partial charge in [0.25, 0.3) is 0 Å². The molecule has 6 nitrogen and oxygen atoms in total. The van der Waals surface area contributed by atoms with Crippen LogP contribution in [0.15, 0.2) is 60.8 Å². The summed E-state index contributed by atoms with van der Waals surface area (Å²) in [5.74, 6) is -0.126. The Hall–Kier alpha value is -2.44. The van der Waals surface area contributed by atoms with Gasteiger partial charge in [-0.1, -0.05) is 274 Å². The monoisotopic (exact) mass is 1010 g/mol. The molecule has 0 saturated heterocycles. The minimum Gasteiger partial charge on any atom is -0.466 e. The van der Waals surface area contributed by atoms with Gasteiger partial charge < -0.3 is 20.3 Å². The van der Waals surface area contributed by atoms with Crippen molar-refractivity contribution in [2.45, 2.75) is 334 Å². The Morgan fingerprint density at radius 2 is 0.736 bits per heavy atom. The van der Waals surface area contributed by atoms with E-state index < -0.39 is 12.1 Å². The quantitative estimate of drug-likeness (QED) is 0.0244. The molecule has 0 spiro atoms. The summed E-state index contributed by atoms with van der Waals surface area (Å²) in [6.07, 6.45) is 79.7. The van der Waals surface area contributed by atoms with Gasteiger partial charge >= 0.3 is 5.97 Å². The van der Waals surface area contributed by atoms with Gasteiger partial charge in [0.2, 0.25) is 5.91 Å². The average molecular weight is 1010 g/mol. The second kappa shape index (κ2) is 61.1. The molecule has 0 heterocycles. The smallest absolute Gasteiger partial charge is 0.305 e. The van der Waals surface area contributed by atoms with Crippen molar-refractivity contribution in [3.8, 4) is 0 Å². The first kappa shape index (κ1) is 69.6. The summed E-state index contributed by atoms with van der Waals surface area (Å²) >= 11 is 0. The van der Waals surface area contributed by atoms with E-state index in [1.54, 1.807) is 6.08 Å². The second-order valence-corrected chi connectivity index (χ2v) is 21.4. The van der Waals surface area contributed by atoms with Gasteiger partial charge in [-0.25, -0.2) is 0 Å². The lowest BCUT2D eigenvalue weighted by Crippen LogP contribution is -2.45. The standard InChI is InChI=1S/C66H121NO5/c1-3-5-7-9-11-13-15-17-19-21-22-23-24-25-26-27-28-30-34-38-42-46-50-54-58-64(69)63(62-68)67-65(70)59-55-51-47-43-39-35-31-29-33-37-41-45-49-53-57-61-72-66(71)60-56-52-48-44-40-36-32-20-18-16-14-12-10-8-6-4-2/h14,16,20,29,32-33,37,41,54,58,63-64,68-69H,3-13,15,17-19,21-28,30-31,34-36,38-40,42-53,55-57,59-62H2,1-2H3,(H,67,70)/b16-14-,32-20-,33-29-,41-37-,58-54+. The van der Waals surface area contributed by atoms with Crippen LogP contribution in [0.2, 0.25) is 0 Å². The second-order valence-electron chi connectivity index (χ2n) is 21.4. The molecular formula is C66H121NO5. The minimum absolute atomic E-state index is 0.0364. The number of hydrogen-bond acceptors (Lipinski definition) is 5. The van der Waals surface area contributed by atoms with E-state index >= 15 is 0 Å². The van der Waals surface area contributed by atoms with Crippen LogP contribution in [0.25, 0.3) is 0 Å². The van der Waals surface area contributed by atoms with Gasteiger partial charge in [0, 0.05) is 12.8 Å². The first-order valence-electron chi connectivity index (χ1n) is 31.6. The van der Waals surface area contributed by atoms with E-state index in [0.717, 1.165) is 89.9 Å². The highest BCUT2D eigenvalue weighted by Gasteiger charge is 2.18. The highest BCUT2D eigenvalue weighted by molar-refractivity contribution is 5.76. The Kier molecular flexibility index (Phi) is 59.0. The molecular weight excluding hydrogens is 887 g/mol. The number of rotatable bonds is 58. The van der Waals surface area contributed by atoms with Crippen LogP contribution in [0.3, 0.4) is 0 Å². The van der Waals surface area contributed by atoms with Crippen LogP contribution in [0.5, 0.6) is 0 Å². The van der Waals surface area contributed by atoms with Crippen LogP contribution >= 0.6 is 0 Å². The van der Waals surface area contributed by atoms with Gasteiger partial charge in [0.05, 0.1) is 25.4 Å². The average Bonchev–Trinajstić information content (AvgIpc) is 3.38. The van der Waals surface area contributed by atoms with Gasteiger partial charge in [-0.15, -0.1) is 0 Å². The molecule has 6 heteroatoms. The van der Waals surface area contributed by atoms with Crippen LogP contribution in [0.1, 0.15) is 322 Å². The maximum Gasteiger partial charge on any atom is 0.305 e. The third-order valence-electron chi connectivity index (χ3n) is 14.3. The first-order chi connectivity index (χ1) is 35.5. The number of carbonyl (C=O) groups is 2. The van der Waals surface area contributed by atoms with Gasteiger partial charge in [-0.3, -0.25) is 9.59 Å². The predicted octanol–water partition coefficient (Wildman–Crippen LogP) is 19.9. The molecule has 0 radical (unpaired) electrons. The fourth-order valence-corrected chi connectivity index (χ4v) is 9.42. The molecule has 0 aromatic heterocycles. The van der Waals surface area contributed by atoms with Crippen molar-refractivity contribution in [1.29, 1.82) is 0 Å². The summed E-state index contributed by atoms with van der Waals surface area (Å²) in [6.45, 7) is 4.83. The van der Waals surface area contributed by atoms with Crippen LogP contribution in [0.4, 0.5) is 0 Å². The predicted molar refractivity (Wildman–Crippen MR) is 315 cm³/mol. The van der Waals surface area contributed by atoms with Crippen LogP contribution in [0, 0.1) is 0 Å². The van der Waals surface area contributed by atoms with E-state index in [4.69, 9.17) is 4.74 Å². The Morgan fingerprint density at radius 3 is 1.15 bits per heavy atom. The van der Waals surface area contributed by atoms with Crippen molar-refractivity contribution in [3.05, 3.63) is 60.8 Å². The molecule has 0 rings (SSSR count). The first-order valence-corrected chi connectivity index (χ1v) is 31.6. The Labute approximate surface area is 448 Å². The van der Waals surface area contributed by atoms with E-state index in [0.29, 0.717) is 19.4 Å². The summed E-state index contributed by atoms with van der Waals surface area (Å²) in [6, 6.07) is -0.648. The van der Waals surface area contributed by atoms with Crippen LogP contribution < -0.4 is 5.32 Å². The lowest BCUT2D eigenvalue weighted by atomic mass is 10.0. The van der Waals surface area contributed by atoms with Crippen molar-refractivity contribution in [2.24, 2.45) is 0 Å². The third-order valence-corrected chi connectivity index (χ3v) is 14.3. The number of aliphatic hydroxyl groups excluding tert-OH is 2. The molecule has 72 heavy (non-hydrogen) atoms. The molecule has 2 unspecified atom stereocenters. The summed E-state index contributed by atoms with van der Waals surface area (Å²) in [5.41, 5.74) is 0. The molecule has 1 amide bonds. The number of amides is 1. The molecule has 0 aliphatic carbocycles. The lowest BCUT2D eigenvalue weighted by Gasteiger charge is -2.20. The summed E-state index contributed by atoms with van der Waals surface area (Å²) in [7, 11) is 0. The van der Waals surface area contributed by atoms with Crippen molar-refractivity contribution < 1.29 is 24.5 Å². The van der Waals surface area contributed by atoms with E-state index in [-0.39, 0.29) is 18.5 Å². The van der Waals surface area contributed by atoms with E-state index in [9.17, 15) is 19.8 Å². The molecule has 0 aromatic rings. The highest BCUT2D eigenvalue weighted by Crippen LogP contribution is 2.17. The summed E-state index contributed by atoms with van der Waals surface area (Å²) in [5, 5.41) is 23.2. The number of carbonyl (C=O) groups excluding carboxylic acids is 2. The molecule has 0 aliphatic rings. The molecule has 0 aliphatic heterocycles. The third kappa shape index (κ3) is 56.8. The van der Waals surface area contributed by atoms with Gasteiger partial charge in [0.15, 0.2) is 0 Å². The SMILES string of the molecule is CCCCCC/C=C\C/C=C\CCCCCCCC(=O)OCCCCC/C=C\C=C/CCCCCCCCC(=O)NC(CO)C(O)/C=C/CCCCCCCCCCCCCCCCCCCCCCCC. The van der Waals surface area contributed by atoms with Crippen LogP contribution in [-0.4, -0.2) is 47.4 Å². The summed E-state index contributed by atoms with van der Waals surface area (Å²) in [4.78, 5) is 24.6. The van der Waals surface area contributed by atoms with Crippen LogP contribution in [-0.2, 0) is 14.3 Å². The lowest BCUT2D eigenvalue weighted by molar-refractivity contribution is -0.143. The molecule has 0 bridgehead atoms. The van der Waals surface area contributed by atoms with Crippen molar-refractivity contribution in [3.63, 3.8) is 0 Å². The molecule has 0 fully saturated rings. The number of aliphatic hydroxyl groups is 2. The fourth-order valence-electron chi connectivity index (χ4n) is 9.42. The zero-order chi connectivity index (χ0) is 52.2. The van der Waals surface area contributed by atoms with Gasteiger partial charge in [-0.05, 0) is 96.3 Å². The number of allylic oxidation sites excluding steroid dienone is 9. The highest BCUT2D eigenvalue weighted by atomic mass is 16.5. The maximum absolute atomic E-state index is 12.5. The number of nitrogens with one attached hydrogen (secondary N) is 1. The number of esters is 1. The van der Waals surface area contributed by atoms with Gasteiger partial charge in [0.1, 0.15) is 0 Å². The Morgan fingerprint density at radius 1 is 0.403 bits per heavy atom. The number of unbranched alkanes of at least 4 members (excludes halogenated alkanes) is 40. The molecule has 420 valence electrons. The molecule has 3 N–H and O–H groups in total. The molecule has 2 atom stereocenters. The van der Waals surface area contributed by atoms with Crippen molar-refractivity contribution in [2.75, 3.05) is 13.2 Å². The van der Waals surface area contributed by atoms with Crippen molar-refractivity contribution >= 4 is 11.9 Å². The largest absolute Gasteiger partial charge is 0.466 e. The van der Waals surface area contributed by atoms with E-state index in [1.165, 1.54) is 205 Å². The number of ether oxygens (including phenoxy) is 1. The zero-order valence-electron chi connectivity index (χ0n) is 47.9. The van der Waals surface area contributed by atoms with Gasteiger partial charge in [-0.2, -0.15) is 0 Å². The molecule has 0 saturated carbocycles.